The Balaban J connectivity index is 1.68. The highest BCUT2D eigenvalue weighted by Crippen LogP contribution is 2.55. The van der Waals surface area contributed by atoms with Crippen molar-refractivity contribution in [2.45, 2.75) is 71.4 Å². The Labute approximate surface area is 167 Å². The second-order valence-corrected chi connectivity index (χ2v) is 8.91. The van der Waals surface area contributed by atoms with E-state index in [0.29, 0.717) is 18.8 Å². The van der Waals surface area contributed by atoms with Gasteiger partial charge in [-0.1, -0.05) is 94.5 Å². The van der Waals surface area contributed by atoms with E-state index in [1.807, 2.05) is 30.3 Å². The molecule has 28 heavy (non-hydrogen) atoms. The molecule has 3 rings (SSSR count). The topological polar surface area (TPSA) is 0 Å². The third-order valence-electron chi connectivity index (χ3n) is 7.19. The maximum atomic E-state index is 14.2. The lowest BCUT2D eigenvalue weighted by Crippen LogP contribution is -2.44. The fourth-order valence-electron chi connectivity index (χ4n) is 4.93. The maximum Gasteiger partial charge on any atom is 0.398 e. The normalized spacial score (nSPS) is 29.4. The monoisotopic (exact) mass is 390 g/mol. The Bertz CT molecular complexity index is 677. The van der Waals surface area contributed by atoms with Crippen molar-refractivity contribution in [2.75, 3.05) is 0 Å². The lowest BCUT2D eigenvalue weighted by molar-refractivity contribution is -0.226. The zero-order valence-electron chi connectivity index (χ0n) is 17.1. The molecule has 3 heteroatoms. The summed E-state index contributed by atoms with van der Waals surface area (Å²) in [5, 5.41) is 0. The molecule has 1 saturated carbocycles. The van der Waals surface area contributed by atoms with Gasteiger partial charge in [-0.25, -0.2) is 0 Å². The van der Waals surface area contributed by atoms with Crippen LogP contribution in [0, 0.1) is 23.2 Å². The summed E-state index contributed by atoms with van der Waals surface area (Å²) >= 11 is 0. The number of rotatable bonds is 6. The number of halogens is 3. The largest absolute Gasteiger partial charge is 0.398 e. The van der Waals surface area contributed by atoms with Gasteiger partial charge in [-0.05, 0) is 48.2 Å². The summed E-state index contributed by atoms with van der Waals surface area (Å²) in [5.41, 5.74) is 0.207. The van der Waals surface area contributed by atoms with Crippen LogP contribution in [0.4, 0.5) is 13.2 Å². The van der Waals surface area contributed by atoms with Crippen molar-refractivity contribution in [3.63, 3.8) is 0 Å². The summed E-state index contributed by atoms with van der Waals surface area (Å²) in [5.74, 6) is 1.04. The first-order valence-corrected chi connectivity index (χ1v) is 10.9. The lowest BCUT2D eigenvalue weighted by atomic mass is 9.62. The standard InChI is InChI=1S/C25H33F3/c1-3-19(2)9-10-20-11-13-23(14-12-20)24(25(26,27)28)17-15-22(16-18-24)21-7-5-4-6-8-21/h4-8,15-17,19-20,23H,3,9-14,18H2,1-2H3. The van der Waals surface area contributed by atoms with Crippen molar-refractivity contribution in [2.24, 2.45) is 23.2 Å². The average Bonchev–Trinajstić information content (AvgIpc) is 2.72. The first kappa shape index (κ1) is 21.2. The quantitative estimate of drug-likeness (QED) is 0.459. The third kappa shape index (κ3) is 4.55. The van der Waals surface area contributed by atoms with E-state index < -0.39 is 11.6 Å². The molecule has 0 nitrogen and oxygen atoms in total. The van der Waals surface area contributed by atoms with Crippen LogP contribution in [0.5, 0.6) is 0 Å². The summed E-state index contributed by atoms with van der Waals surface area (Å²) in [6, 6.07) is 9.70. The van der Waals surface area contributed by atoms with Crippen molar-refractivity contribution in [3.8, 4) is 0 Å². The van der Waals surface area contributed by atoms with Gasteiger partial charge in [0.05, 0.1) is 5.41 Å². The minimum atomic E-state index is -4.20. The van der Waals surface area contributed by atoms with Crippen LogP contribution in [0.3, 0.4) is 0 Å². The van der Waals surface area contributed by atoms with Crippen LogP contribution in [0.2, 0.25) is 0 Å². The van der Waals surface area contributed by atoms with Crippen LogP contribution < -0.4 is 0 Å². The van der Waals surface area contributed by atoms with E-state index in [9.17, 15) is 13.2 Å². The molecule has 0 spiro atoms. The van der Waals surface area contributed by atoms with Crippen LogP contribution >= 0.6 is 0 Å². The summed E-state index contributed by atoms with van der Waals surface area (Å²) in [6.07, 6.45) is 7.73. The van der Waals surface area contributed by atoms with Gasteiger partial charge in [-0.3, -0.25) is 0 Å². The van der Waals surface area contributed by atoms with Crippen molar-refractivity contribution >= 4 is 5.57 Å². The summed E-state index contributed by atoms with van der Waals surface area (Å²) in [7, 11) is 0. The second-order valence-electron chi connectivity index (χ2n) is 8.91. The van der Waals surface area contributed by atoms with E-state index in [4.69, 9.17) is 0 Å². The van der Waals surface area contributed by atoms with E-state index in [2.05, 4.69) is 13.8 Å². The van der Waals surface area contributed by atoms with Crippen molar-refractivity contribution < 1.29 is 13.2 Å². The van der Waals surface area contributed by atoms with Gasteiger partial charge in [-0.2, -0.15) is 13.2 Å². The van der Waals surface area contributed by atoms with Gasteiger partial charge < -0.3 is 0 Å². The number of benzene rings is 1. The number of hydrogen-bond donors (Lipinski definition) is 0. The van der Waals surface area contributed by atoms with E-state index in [1.165, 1.54) is 25.3 Å². The molecule has 2 aliphatic rings. The number of allylic oxidation sites excluding steroid dienone is 4. The Hall–Kier alpha value is -1.51. The molecule has 0 radical (unpaired) electrons. The Morgan fingerprint density at radius 1 is 1.07 bits per heavy atom. The Morgan fingerprint density at radius 3 is 2.29 bits per heavy atom. The average molecular weight is 391 g/mol. The zero-order valence-corrected chi connectivity index (χ0v) is 17.1. The molecule has 1 aromatic rings. The maximum absolute atomic E-state index is 14.2. The highest BCUT2D eigenvalue weighted by molar-refractivity contribution is 5.75. The second kappa shape index (κ2) is 8.88. The summed E-state index contributed by atoms with van der Waals surface area (Å²) in [4.78, 5) is 0. The lowest BCUT2D eigenvalue weighted by Gasteiger charge is -2.44. The molecule has 0 aromatic heterocycles. The van der Waals surface area contributed by atoms with Crippen LogP contribution in [0.15, 0.2) is 48.6 Å². The van der Waals surface area contributed by atoms with Gasteiger partial charge in [0.15, 0.2) is 0 Å². The molecule has 0 heterocycles. The molecule has 0 bridgehead atoms. The zero-order chi connectivity index (χ0) is 20.2. The molecule has 0 amide bonds. The van der Waals surface area contributed by atoms with E-state index in [0.717, 1.165) is 29.9 Å². The molecule has 154 valence electrons. The smallest absolute Gasteiger partial charge is 0.170 e. The predicted molar refractivity (Wildman–Crippen MR) is 111 cm³/mol. The predicted octanol–water partition coefficient (Wildman–Crippen LogP) is 8.21. The third-order valence-corrected chi connectivity index (χ3v) is 7.19. The number of alkyl halides is 3. The fraction of sp³-hybridized carbons (Fsp3) is 0.600. The van der Waals surface area contributed by atoms with Gasteiger partial charge in [-0.15, -0.1) is 0 Å². The molecule has 1 aromatic carbocycles. The minimum absolute atomic E-state index is 0.0689. The molecule has 2 unspecified atom stereocenters. The number of hydrogen-bond acceptors (Lipinski definition) is 0. The molecule has 2 aliphatic carbocycles. The molecular formula is C25H33F3. The highest BCUT2D eigenvalue weighted by atomic mass is 19.4. The van der Waals surface area contributed by atoms with E-state index >= 15 is 0 Å². The van der Waals surface area contributed by atoms with Gasteiger partial charge in [0, 0.05) is 0 Å². The van der Waals surface area contributed by atoms with E-state index in [1.54, 1.807) is 12.2 Å². The first-order valence-electron chi connectivity index (χ1n) is 10.9. The molecule has 1 fully saturated rings. The van der Waals surface area contributed by atoms with Gasteiger partial charge >= 0.3 is 6.18 Å². The summed E-state index contributed by atoms with van der Waals surface area (Å²) < 4.78 is 42.7. The van der Waals surface area contributed by atoms with Crippen LogP contribution in [0.1, 0.15) is 70.8 Å². The Morgan fingerprint density at radius 2 is 1.75 bits per heavy atom. The minimum Gasteiger partial charge on any atom is -0.170 e. The van der Waals surface area contributed by atoms with Crippen molar-refractivity contribution in [1.29, 1.82) is 0 Å². The SMILES string of the molecule is CCC(C)CCC1CCC(C2(C(F)(F)F)C=CC(c3ccccc3)=CC2)CC1. The van der Waals surface area contributed by atoms with Gasteiger partial charge in [0.25, 0.3) is 0 Å². The molecule has 2 atom stereocenters. The fourth-order valence-corrected chi connectivity index (χ4v) is 4.93. The van der Waals surface area contributed by atoms with Crippen molar-refractivity contribution in [1.82, 2.24) is 0 Å². The summed E-state index contributed by atoms with van der Waals surface area (Å²) in [6.45, 7) is 4.48. The van der Waals surface area contributed by atoms with Crippen LogP contribution in [-0.2, 0) is 0 Å². The Kier molecular flexibility index (Phi) is 6.73. The van der Waals surface area contributed by atoms with Crippen LogP contribution in [-0.4, -0.2) is 6.18 Å². The molecule has 0 saturated heterocycles. The molecule has 0 aliphatic heterocycles. The molecule has 0 N–H and O–H groups in total. The van der Waals surface area contributed by atoms with Crippen LogP contribution in [0.25, 0.3) is 5.57 Å². The van der Waals surface area contributed by atoms with Gasteiger partial charge in [0.1, 0.15) is 0 Å². The highest BCUT2D eigenvalue weighted by Gasteiger charge is 2.57. The molecular weight excluding hydrogens is 357 g/mol. The van der Waals surface area contributed by atoms with Gasteiger partial charge in [0.2, 0.25) is 0 Å². The first-order chi connectivity index (χ1) is 13.4. The van der Waals surface area contributed by atoms with E-state index in [-0.39, 0.29) is 12.3 Å². The van der Waals surface area contributed by atoms with Crippen molar-refractivity contribution in [3.05, 3.63) is 54.1 Å².